The van der Waals surface area contributed by atoms with Crippen LogP contribution < -0.4 is 21.3 Å². The molecular formula is C20H36N4O4. The molecule has 0 bridgehead atoms. The van der Waals surface area contributed by atoms with Gasteiger partial charge in [-0.25, -0.2) is 9.59 Å². The molecule has 8 heteroatoms. The number of carbonyl (C=O) groups is 2. The molecule has 3 aliphatic rings. The molecule has 2 aliphatic heterocycles. The van der Waals surface area contributed by atoms with E-state index in [1.807, 2.05) is 0 Å². The lowest BCUT2D eigenvalue weighted by Crippen LogP contribution is -2.43. The van der Waals surface area contributed by atoms with Crippen LogP contribution in [0.2, 0.25) is 0 Å². The van der Waals surface area contributed by atoms with Crippen LogP contribution in [0.3, 0.4) is 0 Å². The number of amides is 4. The summed E-state index contributed by atoms with van der Waals surface area (Å²) in [7, 11) is 0. The Morgan fingerprint density at radius 1 is 0.643 bits per heavy atom. The Balaban J connectivity index is 1.24. The zero-order valence-electron chi connectivity index (χ0n) is 16.8. The van der Waals surface area contributed by atoms with Crippen molar-refractivity contribution >= 4 is 12.1 Å². The van der Waals surface area contributed by atoms with Crippen LogP contribution in [-0.4, -0.2) is 63.7 Å². The molecule has 0 unspecified atom stereocenters. The van der Waals surface area contributed by atoms with Crippen molar-refractivity contribution in [1.82, 2.24) is 21.3 Å². The van der Waals surface area contributed by atoms with Gasteiger partial charge in [0.05, 0.1) is 12.2 Å². The quantitative estimate of drug-likeness (QED) is 0.502. The Morgan fingerprint density at radius 2 is 1.11 bits per heavy atom. The molecule has 1 aliphatic carbocycles. The summed E-state index contributed by atoms with van der Waals surface area (Å²) < 4.78 is 11.0. The van der Waals surface area contributed by atoms with Crippen molar-refractivity contribution in [3.05, 3.63) is 0 Å². The summed E-state index contributed by atoms with van der Waals surface area (Å²) in [6, 6.07) is -0.214. The molecule has 0 spiro atoms. The average molecular weight is 397 g/mol. The van der Waals surface area contributed by atoms with E-state index >= 15 is 0 Å². The van der Waals surface area contributed by atoms with Gasteiger partial charge in [-0.05, 0) is 56.8 Å². The van der Waals surface area contributed by atoms with Gasteiger partial charge in [0.15, 0.2) is 0 Å². The maximum Gasteiger partial charge on any atom is 0.314 e. The largest absolute Gasteiger partial charge is 0.376 e. The summed E-state index contributed by atoms with van der Waals surface area (Å²) >= 11 is 0. The molecule has 0 aromatic rings. The molecule has 0 aromatic carbocycles. The van der Waals surface area contributed by atoms with Crippen molar-refractivity contribution in [3.8, 4) is 0 Å². The van der Waals surface area contributed by atoms with Gasteiger partial charge < -0.3 is 30.7 Å². The topological polar surface area (TPSA) is 101 Å². The van der Waals surface area contributed by atoms with E-state index < -0.39 is 0 Å². The minimum atomic E-state index is -0.107. The van der Waals surface area contributed by atoms with Crippen molar-refractivity contribution in [1.29, 1.82) is 0 Å². The van der Waals surface area contributed by atoms with Crippen LogP contribution in [-0.2, 0) is 9.47 Å². The van der Waals surface area contributed by atoms with Crippen molar-refractivity contribution in [2.75, 3.05) is 39.4 Å². The molecule has 3 fully saturated rings. The molecule has 28 heavy (non-hydrogen) atoms. The van der Waals surface area contributed by atoms with E-state index in [2.05, 4.69) is 21.3 Å². The Kier molecular flexibility index (Phi) is 8.67. The predicted octanol–water partition coefficient (Wildman–Crippen LogP) is 1.75. The smallest absolute Gasteiger partial charge is 0.314 e. The molecule has 0 radical (unpaired) electrons. The molecule has 8 nitrogen and oxygen atoms in total. The molecule has 160 valence electrons. The zero-order valence-corrected chi connectivity index (χ0v) is 16.8. The van der Waals surface area contributed by atoms with E-state index in [9.17, 15) is 9.59 Å². The van der Waals surface area contributed by atoms with Crippen LogP contribution in [0.1, 0.15) is 51.4 Å². The van der Waals surface area contributed by atoms with Crippen LogP contribution in [0.5, 0.6) is 0 Å². The van der Waals surface area contributed by atoms with E-state index in [-0.39, 0.29) is 24.3 Å². The van der Waals surface area contributed by atoms with Crippen LogP contribution in [0, 0.1) is 11.8 Å². The molecule has 3 rings (SSSR count). The summed E-state index contributed by atoms with van der Waals surface area (Å²) in [5.74, 6) is 0.952. The third-order valence-corrected chi connectivity index (χ3v) is 6.02. The fraction of sp³-hybridized carbons (Fsp3) is 0.900. The standard InChI is InChI=1S/C20H36N4O4/c25-19(23-13-17-6-2-8-27-17)21-11-15-4-1-5-16(10-15)12-22-20(26)24-14-18-7-3-9-28-18/h15-18H,1-14H2,(H2,21,23,25)(H2,22,24,26)/t15-,16+,17-,18+. The lowest BCUT2D eigenvalue weighted by atomic mass is 9.81. The lowest BCUT2D eigenvalue weighted by molar-refractivity contribution is 0.111. The molecular weight excluding hydrogens is 360 g/mol. The van der Waals surface area contributed by atoms with Gasteiger partial charge in [0.25, 0.3) is 0 Å². The van der Waals surface area contributed by atoms with Crippen LogP contribution >= 0.6 is 0 Å². The van der Waals surface area contributed by atoms with Gasteiger partial charge in [0.2, 0.25) is 0 Å². The first kappa shape index (κ1) is 21.2. The highest BCUT2D eigenvalue weighted by molar-refractivity contribution is 5.74. The Bertz CT molecular complexity index is 451. The molecule has 2 heterocycles. The fourth-order valence-electron chi connectivity index (χ4n) is 4.40. The number of rotatable bonds is 8. The van der Waals surface area contributed by atoms with Crippen molar-refractivity contribution in [2.24, 2.45) is 11.8 Å². The Labute approximate surface area is 167 Å². The third-order valence-electron chi connectivity index (χ3n) is 6.02. The molecule has 4 atom stereocenters. The maximum absolute atomic E-state index is 12.0. The van der Waals surface area contributed by atoms with E-state index in [1.165, 1.54) is 0 Å². The second-order valence-corrected chi connectivity index (χ2v) is 8.35. The number of hydrogen-bond donors (Lipinski definition) is 4. The first-order valence-corrected chi connectivity index (χ1v) is 11.0. The van der Waals surface area contributed by atoms with Crippen LogP contribution in [0.4, 0.5) is 9.59 Å². The zero-order chi connectivity index (χ0) is 19.6. The van der Waals surface area contributed by atoms with E-state index in [0.717, 1.165) is 64.6 Å². The normalized spacial score (nSPS) is 30.0. The van der Waals surface area contributed by atoms with Gasteiger partial charge in [-0.3, -0.25) is 0 Å². The van der Waals surface area contributed by atoms with E-state index in [0.29, 0.717) is 38.0 Å². The first-order chi connectivity index (χ1) is 13.7. The fourth-order valence-corrected chi connectivity index (χ4v) is 4.40. The average Bonchev–Trinajstić information content (AvgIpc) is 3.42. The van der Waals surface area contributed by atoms with Gasteiger partial charge in [-0.2, -0.15) is 0 Å². The number of urea groups is 2. The maximum atomic E-state index is 12.0. The number of carbonyl (C=O) groups excluding carboxylic acids is 2. The molecule has 4 N–H and O–H groups in total. The van der Waals surface area contributed by atoms with Gasteiger partial charge in [-0.15, -0.1) is 0 Å². The minimum Gasteiger partial charge on any atom is -0.376 e. The van der Waals surface area contributed by atoms with Gasteiger partial charge in [0, 0.05) is 39.4 Å². The van der Waals surface area contributed by atoms with Crippen molar-refractivity contribution in [3.63, 3.8) is 0 Å². The summed E-state index contributed by atoms with van der Waals surface area (Å²) in [5.41, 5.74) is 0. The second kappa shape index (κ2) is 11.5. The van der Waals surface area contributed by atoms with Crippen molar-refractivity contribution < 1.29 is 19.1 Å². The highest BCUT2D eigenvalue weighted by Gasteiger charge is 2.23. The summed E-state index contributed by atoms with van der Waals surface area (Å²) in [5, 5.41) is 11.8. The summed E-state index contributed by atoms with van der Waals surface area (Å²) in [4.78, 5) is 23.9. The minimum absolute atomic E-state index is 0.107. The van der Waals surface area contributed by atoms with Gasteiger partial charge >= 0.3 is 12.1 Å². The predicted molar refractivity (Wildman–Crippen MR) is 106 cm³/mol. The van der Waals surface area contributed by atoms with Gasteiger partial charge in [-0.1, -0.05) is 6.42 Å². The Hall–Kier alpha value is -1.54. The van der Waals surface area contributed by atoms with Crippen LogP contribution in [0.15, 0.2) is 0 Å². The molecule has 2 saturated heterocycles. The molecule has 4 amide bonds. The Morgan fingerprint density at radius 3 is 1.54 bits per heavy atom. The molecule has 0 aromatic heterocycles. The van der Waals surface area contributed by atoms with E-state index in [4.69, 9.17) is 9.47 Å². The lowest BCUT2D eigenvalue weighted by Gasteiger charge is -2.29. The van der Waals surface area contributed by atoms with Crippen molar-refractivity contribution in [2.45, 2.75) is 63.6 Å². The first-order valence-electron chi connectivity index (χ1n) is 11.0. The SMILES string of the molecule is O=C(NC[C@@H]1CCC[C@H](CNC(=O)NC[C@@H]2CCCO2)C1)NC[C@H]1CCCO1. The summed E-state index contributed by atoms with van der Waals surface area (Å²) in [6.45, 7) is 4.17. The summed E-state index contributed by atoms with van der Waals surface area (Å²) in [6.07, 6.45) is 9.00. The molecule has 1 saturated carbocycles. The second-order valence-electron chi connectivity index (χ2n) is 8.35. The monoisotopic (exact) mass is 396 g/mol. The highest BCUT2D eigenvalue weighted by Crippen LogP contribution is 2.28. The number of ether oxygens (including phenoxy) is 2. The number of hydrogen-bond acceptors (Lipinski definition) is 4. The highest BCUT2D eigenvalue weighted by atomic mass is 16.5. The van der Waals surface area contributed by atoms with Crippen LogP contribution in [0.25, 0.3) is 0 Å². The third kappa shape index (κ3) is 7.47. The van der Waals surface area contributed by atoms with Gasteiger partial charge in [0.1, 0.15) is 0 Å². The number of nitrogens with one attached hydrogen (secondary N) is 4. The van der Waals surface area contributed by atoms with E-state index in [1.54, 1.807) is 0 Å².